The third-order valence-electron chi connectivity index (χ3n) is 10.1. The van der Waals surface area contributed by atoms with Gasteiger partial charge in [-0.05, 0) is 99.2 Å². The van der Waals surface area contributed by atoms with Gasteiger partial charge in [-0.1, -0.05) is 18.9 Å². The molecule has 1 N–H and O–H groups in total. The van der Waals surface area contributed by atoms with Gasteiger partial charge in [0.25, 0.3) is 0 Å². The van der Waals surface area contributed by atoms with E-state index in [4.69, 9.17) is 0 Å². The van der Waals surface area contributed by atoms with Crippen LogP contribution in [0.5, 0.6) is 0 Å². The Balaban J connectivity index is 1.34. The first-order valence-corrected chi connectivity index (χ1v) is 11.7. The van der Waals surface area contributed by atoms with Crippen LogP contribution in [-0.4, -0.2) is 40.6 Å². The molecule has 5 aliphatic rings. The molecule has 0 bridgehead atoms. The van der Waals surface area contributed by atoms with E-state index in [9.17, 15) is 9.90 Å². The molecule has 8 atom stereocenters. The highest BCUT2D eigenvalue weighted by Gasteiger charge is 2.61. The van der Waals surface area contributed by atoms with Crippen molar-refractivity contribution in [3.63, 3.8) is 0 Å². The van der Waals surface area contributed by atoms with Gasteiger partial charge >= 0.3 is 12.4 Å². The van der Waals surface area contributed by atoms with Crippen molar-refractivity contribution < 1.29 is 9.90 Å². The molecule has 1 heterocycles. The molecule has 0 saturated heterocycles. The average Bonchev–Trinajstić information content (AvgIpc) is 3.29. The van der Waals surface area contributed by atoms with E-state index in [1.165, 1.54) is 49.9 Å². The van der Waals surface area contributed by atoms with Crippen LogP contribution >= 0.6 is 0 Å². The van der Waals surface area contributed by atoms with Crippen LogP contribution in [0.25, 0.3) is 0 Å². The highest BCUT2D eigenvalue weighted by atomic mass is 16.3. The van der Waals surface area contributed by atoms with Crippen molar-refractivity contribution in [1.82, 2.24) is 5.12 Å². The summed E-state index contributed by atoms with van der Waals surface area (Å²) in [5.74, 6) is 3.33. The second-order valence-corrected chi connectivity index (χ2v) is 11.5. The van der Waals surface area contributed by atoms with Crippen molar-refractivity contribution >= 4 is 18.2 Å². The molecule has 1 aliphatic heterocycles. The number of nitrogens with zero attached hydrogens (tertiary/aromatic N) is 3. The van der Waals surface area contributed by atoms with Gasteiger partial charge in [-0.2, -0.15) is 0 Å². The Morgan fingerprint density at radius 3 is 2.62 bits per heavy atom. The zero-order chi connectivity index (χ0) is 20.4. The summed E-state index contributed by atoms with van der Waals surface area (Å²) in [4.78, 5) is 13.2. The first-order valence-electron chi connectivity index (χ1n) is 11.7. The quantitative estimate of drug-likeness (QED) is 0.727. The van der Waals surface area contributed by atoms with Crippen LogP contribution in [0.15, 0.2) is 10.2 Å². The van der Waals surface area contributed by atoms with E-state index in [1.54, 1.807) is 0 Å². The largest absolute Gasteiger partial charge is 0.445 e. The minimum atomic E-state index is -0.469. The van der Waals surface area contributed by atoms with Crippen molar-refractivity contribution in [3.05, 3.63) is 0 Å². The maximum absolute atomic E-state index is 13.2. The van der Waals surface area contributed by atoms with E-state index in [0.29, 0.717) is 29.6 Å². The third kappa shape index (κ3) is 2.99. The topological polar surface area (TPSA) is 65.3 Å². The first-order chi connectivity index (χ1) is 13.7. The number of carbonyl (C=O) groups is 1. The summed E-state index contributed by atoms with van der Waals surface area (Å²) in [5, 5.41) is 20.3. The maximum Gasteiger partial charge on any atom is 0.445 e. The van der Waals surface area contributed by atoms with Crippen molar-refractivity contribution in [2.24, 2.45) is 50.6 Å². The van der Waals surface area contributed by atoms with Gasteiger partial charge in [0.2, 0.25) is 0 Å². The SMILES string of the molecule is C[C@@]1(O)CC[C@@]2(C)[C@H](CC[C@@H]3[C@@H]2CC[C@]2(C)[C@@H](C(=O)CN4N=[C+]C=N4)CC[C@@H]32)C1. The van der Waals surface area contributed by atoms with E-state index in [1.807, 2.05) is 6.92 Å². The molecular weight excluding hydrogens is 362 g/mol. The molecule has 0 aromatic carbocycles. The molecule has 0 amide bonds. The smallest absolute Gasteiger partial charge is 0.390 e. The maximum atomic E-state index is 13.2. The molecule has 5 nitrogen and oxygen atoms in total. The van der Waals surface area contributed by atoms with Gasteiger partial charge in [0.05, 0.1) is 5.60 Å². The minimum absolute atomic E-state index is 0.137. The molecule has 0 radical (unpaired) electrons. The van der Waals surface area contributed by atoms with E-state index in [2.05, 4.69) is 30.3 Å². The van der Waals surface area contributed by atoms with Crippen molar-refractivity contribution in [3.8, 4) is 0 Å². The normalized spacial score (nSPS) is 50.6. The molecule has 4 fully saturated rings. The predicted octanol–water partition coefficient (Wildman–Crippen LogP) is 4.13. The second kappa shape index (κ2) is 6.59. The van der Waals surface area contributed by atoms with Crippen LogP contribution in [0.2, 0.25) is 0 Å². The zero-order valence-corrected chi connectivity index (χ0v) is 18.2. The van der Waals surface area contributed by atoms with Gasteiger partial charge in [0.15, 0.2) is 5.78 Å². The summed E-state index contributed by atoms with van der Waals surface area (Å²) in [6.07, 6.45) is 14.5. The molecule has 5 heteroatoms. The predicted molar refractivity (Wildman–Crippen MR) is 113 cm³/mol. The molecule has 0 aromatic heterocycles. The standard InChI is InChI=1S/C24H36N3O2/c1-22(29)10-11-23(2)16(14-22)4-5-17-18-6-7-20(24(18,3)9-8-19(17)23)21(28)15-27-25-12-13-26-27/h12,16-20,29H,4-11,14-15H2,1-3H3/q+1/t16-,17+,18+,19+,20-,22-,23+,24+/m1/s1. The van der Waals surface area contributed by atoms with Gasteiger partial charge in [-0.25, -0.2) is 0 Å². The molecule has 29 heavy (non-hydrogen) atoms. The number of rotatable bonds is 3. The molecule has 0 aromatic rings. The Hall–Kier alpha value is -1.32. The lowest BCUT2D eigenvalue weighted by atomic mass is 9.44. The van der Waals surface area contributed by atoms with Crippen LogP contribution in [0.3, 0.4) is 0 Å². The lowest BCUT2D eigenvalue weighted by Crippen LogP contribution is -2.55. The Kier molecular flexibility index (Phi) is 4.46. The van der Waals surface area contributed by atoms with E-state index in [-0.39, 0.29) is 11.3 Å². The fourth-order valence-electron chi connectivity index (χ4n) is 8.50. The summed E-state index contributed by atoms with van der Waals surface area (Å²) in [5.41, 5.74) is 0.0465. The number of hydrogen-bond donors (Lipinski definition) is 1. The van der Waals surface area contributed by atoms with Crippen LogP contribution in [0, 0.1) is 40.4 Å². The summed E-state index contributed by atoms with van der Waals surface area (Å²) in [7, 11) is 0. The minimum Gasteiger partial charge on any atom is -0.390 e. The number of aliphatic hydroxyl groups is 1. The van der Waals surface area contributed by atoms with Gasteiger partial charge < -0.3 is 5.11 Å². The molecule has 0 unspecified atom stereocenters. The second-order valence-electron chi connectivity index (χ2n) is 11.5. The highest BCUT2D eigenvalue weighted by Crippen LogP contribution is 2.68. The number of Topliss-reactive ketones (excluding diaryl/α,β-unsaturated/α-hetero) is 1. The summed E-state index contributed by atoms with van der Waals surface area (Å²) in [6, 6.07) is 0. The van der Waals surface area contributed by atoms with Gasteiger partial charge in [-0.3, -0.25) is 4.79 Å². The van der Waals surface area contributed by atoms with Crippen LogP contribution in [-0.2, 0) is 4.79 Å². The molecular formula is C24H36N3O2+. The Morgan fingerprint density at radius 2 is 1.86 bits per heavy atom. The number of hydrazone groups is 2. The molecule has 4 saturated carbocycles. The van der Waals surface area contributed by atoms with E-state index >= 15 is 0 Å². The van der Waals surface area contributed by atoms with E-state index < -0.39 is 5.60 Å². The summed E-state index contributed by atoms with van der Waals surface area (Å²) >= 11 is 0. The van der Waals surface area contributed by atoms with Gasteiger partial charge in [0, 0.05) is 5.92 Å². The van der Waals surface area contributed by atoms with Crippen molar-refractivity contribution in [2.75, 3.05) is 6.54 Å². The van der Waals surface area contributed by atoms with Crippen LogP contribution < -0.4 is 0 Å². The number of ketones is 1. The average molecular weight is 399 g/mol. The van der Waals surface area contributed by atoms with Gasteiger partial charge in [0.1, 0.15) is 11.6 Å². The Morgan fingerprint density at radius 1 is 1.07 bits per heavy atom. The Bertz CT molecular complexity index is 734. The molecule has 4 aliphatic carbocycles. The highest BCUT2D eigenvalue weighted by molar-refractivity contribution is 6.16. The molecule has 158 valence electrons. The first kappa shape index (κ1) is 19.6. The van der Waals surface area contributed by atoms with Crippen LogP contribution in [0.4, 0.5) is 0 Å². The zero-order valence-electron chi connectivity index (χ0n) is 18.2. The van der Waals surface area contributed by atoms with Gasteiger partial charge in [-0.15, -0.1) is 5.12 Å². The van der Waals surface area contributed by atoms with Crippen molar-refractivity contribution in [1.29, 1.82) is 0 Å². The summed E-state index contributed by atoms with van der Waals surface area (Å²) in [6.45, 7) is 7.27. The number of hydrogen-bond acceptors (Lipinski definition) is 5. The molecule has 5 rings (SSSR count). The number of carbonyl (C=O) groups excluding carboxylic acids is 1. The number of fused-ring (bicyclic) bond motifs is 5. The Labute approximate surface area is 175 Å². The van der Waals surface area contributed by atoms with Crippen molar-refractivity contribution in [2.45, 2.75) is 84.2 Å². The lowest BCUT2D eigenvalue weighted by Gasteiger charge is -2.61. The van der Waals surface area contributed by atoms with E-state index in [0.717, 1.165) is 31.1 Å². The third-order valence-corrected chi connectivity index (χ3v) is 10.1. The lowest BCUT2D eigenvalue weighted by molar-refractivity contribution is -0.151. The summed E-state index contributed by atoms with van der Waals surface area (Å²) < 4.78 is 0. The molecule has 0 spiro atoms. The van der Waals surface area contributed by atoms with Crippen LogP contribution in [0.1, 0.15) is 78.6 Å². The monoisotopic (exact) mass is 398 g/mol. The fourth-order valence-corrected chi connectivity index (χ4v) is 8.50. The fraction of sp³-hybridized carbons (Fsp3) is 0.875.